The zero-order valence-electron chi connectivity index (χ0n) is 16.3. The minimum Gasteiger partial charge on any atom is -0.497 e. The van der Waals surface area contributed by atoms with Crippen LogP contribution in [0.2, 0.25) is 0 Å². The van der Waals surface area contributed by atoms with Gasteiger partial charge < -0.3 is 14.8 Å². The average Bonchev–Trinajstić information content (AvgIpc) is 2.72. The molecule has 0 aliphatic heterocycles. The summed E-state index contributed by atoms with van der Waals surface area (Å²) in [5.41, 5.74) is 0.381. The molecule has 0 spiro atoms. The highest BCUT2D eigenvalue weighted by molar-refractivity contribution is 7.92. The molecule has 0 heterocycles. The maximum absolute atomic E-state index is 12.6. The molecule has 2 N–H and O–H groups in total. The van der Waals surface area contributed by atoms with Gasteiger partial charge in [0, 0.05) is 12.2 Å². The highest BCUT2D eigenvalue weighted by Gasteiger charge is 2.18. The lowest BCUT2D eigenvalue weighted by Gasteiger charge is -2.10. The van der Waals surface area contributed by atoms with E-state index in [-0.39, 0.29) is 10.5 Å². The van der Waals surface area contributed by atoms with Crippen molar-refractivity contribution in [1.29, 1.82) is 0 Å². The summed E-state index contributed by atoms with van der Waals surface area (Å²) in [4.78, 5) is 23.7. The fourth-order valence-corrected chi connectivity index (χ4v) is 3.44. The van der Waals surface area contributed by atoms with Crippen molar-refractivity contribution in [3.63, 3.8) is 0 Å². The quantitative estimate of drug-likeness (QED) is 0.451. The topological polar surface area (TPSA) is 111 Å². The smallest absolute Gasteiger partial charge is 0.338 e. The minimum atomic E-state index is -3.91. The Morgan fingerprint density at radius 2 is 1.79 bits per heavy atom. The van der Waals surface area contributed by atoms with E-state index < -0.39 is 28.5 Å². The number of hydrogen-bond donors (Lipinski definition) is 2. The van der Waals surface area contributed by atoms with Crippen molar-refractivity contribution in [3.05, 3.63) is 54.1 Å². The molecule has 0 atom stereocenters. The molecule has 29 heavy (non-hydrogen) atoms. The number of esters is 1. The van der Waals surface area contributed by atoms with Crippen LogP contribution in [0.1, 0.15) is 30.1 Å². The van der Waals surface area contributed by atoms with E-state index in [0.717, 1.165) is 12.8 Å². The number of nitrogens with one attached hydrogen (secondary N) is 2. The van der Waals surface area contributed by atoms with Crippen LogP contribution in [0.4, 0.5) is 5.69 Å². The first-order valence-electron chi connectivity index (χ1n) is 9.06. The second-order valence-electron chi connectivity index (χ2n) is 6.14. The van der Waals surface area contributed by atoms with Crippen LogP contribution in [0.15, 0.2) is 53.4 Å². The summed E-state index contributed by atoms with van der Waals surface area (Å²) < 4.78 is 37.6. The first-order chi connectivity index (χ1) is 13.9. The number of anilines is 1. The van der Waals surface area contributed by atoms with Crippen molar-refractivity contribution in [1.82, 2.24) is 5.32 Å². The van der Waals surface area contributed by atoms with Gasteiger partial charge in [0.05, 0.1) is 17.6 Å². The van der Waals surface area contributed by atoms with Crippen molar-refractivity contribution >= 4 is 27.6 Å². The molecule has 8 nitrogen and oxygen atoms in total. The average molecular weight is 420 g/mol. The third kappa shape index (κ3) is 6.79. The minimum absolute atomic E-state index is 0.0314. The maximum Gasteiger partial charge on any atom is 0.338 e. The van der Waals surface area contributed by atoms with Crippen LogP contribution in [0, 0.1) is 0 Å². The molecule has 0 unspecified atom stereocenters. The molecule has 0 bridgehead atoms. The van der Waals surface area contributed by atoms with Gasteiger partial charge in [-0.05, 0) is 48.9 Å². The summed E-state index contributed by atoms with van der Waals surface area (Å²) in [5, 5.41) is 2.63. The van der Waals surface area contributed by atoms with Crippen molar-refractivity contribution in [2.45, 2.75) is 24.7 Å². The van der Waals surface area contributed by atoms with E-state index in [2.05, 4.69) is 10.0 Å². The summed E-state index contributed by atoms with van der Waals surface area (Å²) in [6.45, 7) is 2.08. The lowest BCUT2D eigenvalue weighted by molar-refractivity contribution is -0.124. The van der Waals surface area contributed by atoms with E-state index in [1.54, 1.807) is 24.3 Å². The molecule has 0 aromatic heterocycles. The van der Waals surface area contributed by atoms with Crippen molar-refractivity contribution in [2.24, 2.45) is 0 Å². The van der Waals surface area contributed by atoms with Crippen LogP contribution in [-0.4, -0.2) is 40.6 Å². The number of hydrogen-bond acceptors (Lipinski definition) is 6. The molecule has 2 aromatic carbocycles. The van der Waals surface area contributed by atoms with Crippen LogP contribution in [0.3, 0.4) is 0 Å². The molecule has 0 aliphatic carbocycles. The second kappa shape index (κ2) is 10.5. The van der Waals surface area contributed by atoms with Crippen LogP contribution in [0.25, 0.3) is 0 Å². The summed E-state index contributed by atoms with van der Waals surface area (Å²) >= 11 is 0. The maximum atomic E-state index is 12.6. The molecule has 2 rings (SSSR count). The van der Waals surface area contributed by atoms with Gasteiger partial charge in [-0.15, -0.1) is 0 Å². The molecular formula is C20H24N2O6S. The summed E-state index contributed by atoms with van der Waals surface area (Å²) in [5.74, 6) is -0.592. The van der Waals surface area contributed by atoms with Crippen LogP contribution < -0.4 is 14.8 Å². The van der Waals surface area contributed by atoms with E-state index in [9.17, 15) is 18.0 Å². The number of sulfonamides is 1. The predicted molar refractivity (Wildman–Crippen MR) is 108 cm³/mol. The monoisotopic (exact) mass is 420 g/mol. The number of rotatable bonds is 10. The Labute approximate surface area is 170 Å². The third-order valence-corrected chi connectivity index (χ3v) is 5.29. The molecule has 9 heteroatoms. The number of methoxy groups -OCH3 is 1. The standard InChI is InChI=1S/C20H24N2O6S/c1-3-4-12-21-19(23)14-28-20(24)15-6-5-7-18(13-15)29(25,26)22-16-8-10-17(27-2)11-9-16/h5-11,13,22H,3-4,12,14H2,1-2H3,(H,21,23). The Morgan fingerprint density at radius 3 is 2.45 bits per heavy atom. The van der Waals surface area contributed by atoms with Gasteiger partial charge in [0.1, 0.15) is 5.75 Å². The number of carbonyl (C=O) groups excluding carboxylic acids is 2. The fraction of sp³-hybridized carbons (Fsp3) is 0.300. The van der Waals surface area contributed by atoms with Gasteiger partial charge >= 0.3 is 5.97 Å². The Balaban J connectivity index is 2.03. The van der Waals surface area contributed by atoms with E-state index >= 15 is 0 Å². The normalized spacial score (nSPS) is 10.8. The zero-order chi connectivity index (χ0) is 21.3. The van der Waals surface area contributed by atoms with E-state index in [0.29, 0.717) is 18.0 Å². The molecular weight excluding hydrogens is 396 g/mol. The Kier molecular flexibility index (Phi) is 8.02. The molecule has 1 amide bonds. The highest BCUT2D eigenvalue weighted by Crippen LogP contribution is 2.20. The van der Waals surface area contributed by atoms with Crippen LogP contribution in [-0.2, 0) is 19.6 Å². The van der Waals surface area contributed by atoms with Crippen molar-refractivity contribution in [3.8, 4) is 5.75 Å². The number of ether oxygens (including phenoxy) is 2. The number of carbonyl (C=O) groups is 2. The summed E-state index contributed by atoms with van der Waals surface area (Å²) in [7, 11) is -2.40. The lowest BCUT2D eigenvalue weighted by atomic mass is 10.2. The second-order valence-corrected chi connectivity index (χ2v) is 7.82. The van der Waals surface area contributed by atoms with Crippen LogP contribution >= 0.6 is 0 Å². The van der Waals surface area contributed by atoms with E-state index in [4.69, 9.17) is 9.47 Å². The van der Waals surface area contributed by atoms with Gasteiger partial charge in [-0.25, -0.2) is 13.2 Å². The van der Waals surface area contributed by atoms with Gasteiger partial charge in [0.15, 0.2) is 6.61 Å². The summed E-state index contributed by atoms with van der Waals surface area (Å²) in [6, 6.07) is 11.8. The number of unbranched alkanes of at least 4 members (excludes halogenated alkanes) is 1. The molecule has 0 fully saturated rings. The number of benzene rings is 2. The SMILES string of the molecule is CCCCNC(=O)COC(=O)c1cccc(S(=O)(=O)Nc2ccc(OC)cc2)c1. The highest BCUT2D eigenvalue weighted by atomic mass is 32.2. The molecule has 0 saturated carbocycles. The van der Waals surface area contributed by atoms with Crippen molar-refractivity contribution < 1.29 is 27.5 Å². The molecule has 156 valence electrons. The van der Waals surface area contributed by atoms with Gasteiger partial charge in [0.2, 0.25) is 0 Å². The predicted octanol–water partition coefficient (Wildman–Crippen LogP) is 2.57. The molecule has 2 aromatic rings. The largest absolute Gasteiger partial charge is 0.497 e. The summed E-state index contributed by atoms with van der Waals surface area (Å²) in [6.07, 6.45) is 1.77. The van der Waals surface area contributed by atoms with Gasteiger partial charge in [-0.1, -0.05) is 19.4 Å². The molecule has 0 aliphatic rings. The van der Waals surface area contributed by atoms with Gasteiger partial charge in [0.25, 0.3) is 15.9 Å². The van der Waals surface area contributed by atoms with Gasteiger partial charge in [-0.2, -0.15) is 0 Å². The Morgan fingerprint density at radius 1 is 1.07 bits per heavy atom. The molecule has 0 saturated heterocycles. The van der Waals surface area contributed by atoms with Crippen LogP contribution in [0.5, 0.6) is 5.75 Å². The van der Waals surface area contributed by atoms with E-state index in [1.165, 1.54) is 31.4 Å². The zero-order valence-corrected chi connectivity index (χ0v) is 17.1. The number of amides is 1. The Hall–Kier alpha value is -3.07. The fourth-order valence-electron chi connectivity index (χ4n) is 2.33. The van der Waals surface area contributed by atoms with Gasteiger partial charge in [-0.3, -0.25) is 9.52 Å². The Bertz CT molecular complexity index is 942. The lowest BCUT2D eigenvalue weighted by Crippen LogP contribution is -2.29. The van der Waals surface area contributed by atoms with E-state index in [1.807, 2.05) is 6.92 Å². The van der Waals surface area contributed by atoms with Crippen molar-refractivity contribution in [2.75, 3.05) is 25.0 Å². The first-order valence-corrected chi connectivity index (χ1v) is 10.5. The first kappa shape index (κ1) is 22.2. The molecule has 0 radical (unpaired) electrons. The third-order valence-electron chi connectivity index (χ3n) is 3.91.